The molecule has 4 heteroatoms. The summed E-state index contributed by atoms with van der Waals surface area (Å²) in [5.41, 5.74) is 0.473. The van der Waals surface area contributed by atoms with Crippen molar-refractivity contribution in [2.45, 2.75) is 38.2 Å². The van der Waals surface area contributed by atoms with Gasteiger partial charge < -0.3 is 9.47 Å². The number of benzene rings is 1. The van der Waals surface area contributed by atoms with E-state index in [0.717, 1.165) is 10.5 Å². The average Bonchev–Trinajstić information content (AvgIpc) is 2.33. The Morgan fingerprint density at radius 3 is 2.65 bits per heavy atom. The zero-order chi connectivity index (χ0) is 15.2. The molecular weight excluding hydrogens is 272 g/mol. The Morgan fingerprint density at radius 1 is 1.40 bits per heavy atom. The van der Waals surface area contributed by atoms with Crippen LogP contribution in [0.2, 0.25) is 0 Å². The van der Waals surface area contributed by atoms with E-state index < -0.39 is 5.60 Å². The fourth-order valence-corrected chi connectivity index (χ4v) is 2.18. The Balaban J connectivity index is 2.57. The van der Waals surface area contributed by atoms with E-state index in [1.807, 2.05) is 45.9 Å². The number of carbonyl (C=O) groups excluding carboxylic acids is 1. The average molecular weight is 292 g/mol. The minimum atomic E-state index is -0.495. The summed E-state index contributed by atoms with van der Waals surface area (Å²) in [6.07, 6.45) is 5.23. The van der Waals surface area contributed by atoms with Crippen molar-refractivity contribution in [1.29, 1.82) is 0 Å². The van der Waals surface area contributed by atoms with Gasteiger partial charge in [0.15, 0.2) is 6.61 Å². The molecule has 0 N–H and O–H groups in total. The van der Waals surface area contributed by atoms with Crippen molar-refractivity contribution in [3.05, 3.63) is 23.8 Å². The van der Waals surface area contributed by atoms with Crippen LogP contribution in [0.15, 0.2) is 23.1 Å². The van der Waals surface area contributed by atoms with Crippen molar-refractivity contribution in [3.8, 4) is 18.1 Å². The van der Waals surface area contributed by atoms with E-state index in [9.17, 15) is 4.79 Å². The smallest absolute Gasteiger partial charge is 0.344 e. The minimum absolute atomic E-state index is 0.0883. The molecule has 0 aromatic heterocycles. The van der Waals surface area contributed by atoms with Crippen LogP contribution in [0.5, 0.6) is 5.75 Å². The first-order chi connectivity index (χ1) is 9.31. The Hall–Kier alpha value is -1.60. The Labute approximate surface area is 125 Å². The molecule has 20 heavy (non-hydrogen) atoms. The maximum absolute atomic E-state index is 11.6. The summed E-state index contributed by atoms with van der Waals surface area (Å²) < 4.78 is 10.7. The maximum Gasteiger partial charge on any atom is 0.344 e. The van der Waals surface area contributed by atoms with Gasteiger partial charge in [0, 0.05) is 4.90 Å². The van der Waals surface area contributed by atoms with E-state index in [1.54, 1.807) is 11.8 Å². The molecule has 1 aromatic rings. The van der Waals surface area contributed by atoms with Crippen LogP contribution in [0, 0.1) is 19.3 Å². The van der Waals surface area contributed by atoms with E-state index in [0.29, 0.717) is 11.5 Å². The fraction of sp³-hybridized carbons (Fsp3) is 0.438. The number of rotatable bonds is 5. The topological polar surface area (TPSA) is 35.5 Å². The SMILES string of the molecule is C#CCSc1ccc(OCC(=O)OC(C)(C)C)c(C)c1. The van der Waals surface area contributed by atoms with Crippen LogP contribution in [0.25, 0.3) is 0 Å². The molecule has 0 saturated carbocycles. The molecule has 0 aliphatic rings. The molecule has 0 fully saturated rings. The second kappa shape index (κ2) is 7.25. The number of thioether (sulfide) groups is 1. The first-order valence-corrected chi connectivity index (χ1v) is 7.32. The van der Waals surface area contributed by atoms with Gasteiger partial charge in [-0.1, -0.05) is 5.92 Å². The number of carbonyl (C=O) groups is 1. The second-order valence-corrected chi connectivity index (χ2v) is 6.34. The molecule has 0 atom stereocenters. The zero-order valence-electron chi connectivity index (χ0n) is 12.4. The molecule has 0 aliphatic carbocycles. The van der Waals surface area contributed by atoms with Gasteiger partial charge in [-0.25, -0.2) is 4.79 Å². The number of hydrogen-bond donors (Lipinski definition) is 0. The highest BCUT2D eigenvalue weighted by molar-refractivity contribution is 7.99. The van der Waals surface area contributed by atoms with Crippen LogP contribution in [0.4, 0.5) is 0 Å². The Bertz CT molecular complexity index is 509. The fourth-order valence-electron chi connectivity index (χ4n) is 1.51. The lowest BCUT2D eigenvalue weighted by molar-refractivity contribution is -0.157. The van der Waals surface area contributed by atoms with Crippen molar-refractivity contribution in [3.63, 3.8) is 0 Å². The molecule has 3 nitrogen and oxygen atoms in total. The molecule has 1 rings (SSSR count). The van der Waals surface area contributed by atoms with Gasteiger partial charge in [-0.2, -0.15) is 0 Å². The lowest BCUT2D eigenvalue weighted by Gasteiger charge is -2.19. The predicted molar refractivity (Wildman–Crippen MR) is 82.1 cm³/mol. The summed E-state index contributed by atoms with van der Waals surface area (Å²) in [6, 6.07) is 5.77. The first kappa shape index (κ1) is 16.5. The normalized spacial score (nSPS) is 10.8. The molecule has 108 valence electrons. The van der Waals surface area contributed by atoms with E-state index >= 15 is 0 Å². The minimum Gasteiger partial charge on any atom is -0.482 e. The molecule has 0 aliphatic heterocycles. The van der Waals surface area contributed by atoms with Crippen LogP contribution in [-0.2, 0) is 9.53 Å². The van der Waals surface area contributed by atoms with Crippen molar-refractivity contribution in [2.75, 3.05) is 12.4 Å². The summed E-state index contributed by atoms with van der Waals surface area (Å²) in [7, 11) is 0. The summed E-state index contributed by atoms with van der Waals surface area (Å²) in [5.74, 6) is 3.53. The largest absolute Gasteiger partial charge is 0.482 e. The lowest BCUT2D eigenvalue weighted by Crippen LogP contribution is -2.27. The second-order valence-electron chi connectivity index (χ2n) is 5.30. The molecule has 0 unspecified atom stereocenters. The molecule has 0 bridgehead atoms. The molecule has 0 saturated heterocycles. The zero-order valence-corrected chi connectivity index (χ0v) is 13.2. The van der Waals surface area contributed by atoms with Gasteiger partial charge in [-0.15, -0.1) is 18.2 Å². The Morgan fingerprint density at radius 2 is 2.10 bits per heavy atom. The number of terminal acetylenes is 1. The van der Waals surface area contributed by atoms with Crippen LogP contribution in [-0.4, -0.2) is 23.9 Å². The third-order valence-corrected chi connectivity index (χ3v) is 3.13. The summed E-state index contributed by atoms with van der Waals surface area (Å²) in [5, 5.41) is 0. The maximum atomic E-state index is 11.6. The van der Waals surface area contributed by atoms with E-state index in [1.165, 1.54) is 0 Å². The van der Waals surface area contributed by atoms with Crippen LogP contribution >= 0.6 is 11.8 Å². The third-order valence-electron chi connectivity index (χ3n) is 2.23. The lowest BCUT2D eigenvalue weighted by atomic mass is 10.2. The van der Waals surface area contributed by atoms with Gasteiger partial charge in [0.1, 0.15) is 11.4 Å². The van der Waals surface area contributed by atoms with Gasteiger partial charge in [0.25, 0.3) is 0 Å². The van der Waals surface area contributed by atoms with Crippen LogP contribution < -0.4 is 4.74 Å². The van der Waals surface area contributed by atoms with E-state index in [2.05, 4.69) is 5.92 Å². The standard InChI is InChI=1S/C16H20O3S/c1-6-9-20-13-7-8-14(12(2)10-13)18-11-15(17)19-16(3,4)5/h1,7-8,10H,9,11H2,2-5H3. The number of esters is 1. The quantitative estimate of drug-likeness (QED) is 0.473. The van der Waals surface area contributed by atoms with Crippen molar-refractivity contribution < 1.29 is 14.3 Å². The number of aryl methyl sites for hydroxylation is 1. The van der Waals surface area contributed by atoms with E-state index in [4.69, 9.17) is 15.9 Å². The Kier molecular flexibility index (Phi) is 5.97. The molecule has 1 aromatic carbocycles. The molecule has 0 heterocycles. The van der Waals surface area contributed by atoms with Crippen LogP contribution in [0.3, 0.4) is 0 Å². The molecular formula is C16H20O3S. The van der Waals surface area contributed by atoms with E-state index in [-0.39, 0.29) is 12.6 Å². The molecule has 0 amide bonds. The molecule has 0 radical (unpaired) electrons. The first-order valence-electron chi connectivity index (χ1n) is 6.33. The third kappa shape index (κ3) is 6.03. The van der Waals surface area contributed by atoms with Crippen molar-refractivity contribution >= 4 is 17.7 Å². The van der Waals surface area contributed by atoms with Crippen molar-refractivity contribution in [2.24, 2.45) is 0 Å². The number of ether oxygens (including phenoxy) is 2. The highest BCUT2D eigenvalue weighted by Gasteiger charge is 2.16. The van der Waals surface area contributed by atoms with Gasteiger partial charge >= 0.3 is 5.97 Å². The highest BCUT2D eigenvalue weighted by atomic mass is 32.2. The predicted octanol–water partition coefficient (Wildman–Crippen LogP) is 3.44. The highest BCUT2D eigenvalue weighted by Crippen LogP contribution is 2.25. The number of hydrogen-bond acceptors (Lipinski definition) is 4. The van der Waals surface area contributed by atoms with Gasteiger partial charge in [0.2, 0.25) is 0 Å². The van der Waals surface area contributed by atoms with Crippen molar-refractivity contribution in [1.82, 2.24) is 0 Å². The summed E-state index contributed by atoms with van der Waals surface area (Å²) in [4.78, 5) is 12.7. The monoisotopic (exact) mass is 292 g/mol. The van der Waals surface area contributed by atoms with Crippen LogP contribution in [0.1, 0.15) is 26.3 Å². The summed E-state index contributed by atoms with van der Waals surface area (Å²) in [6.45, 7) is 7.33. The van der Waals surface area contributed by atoms with Gasteiger partial charge in [0.05, 0.1) is 5.75 Å². The molecule has 0 spiro atoms. The van der Waals surface area contributed by atoms with Gasteiger partial charge in [-0.3, -0.25) is 0 Å². The van der Waals surface area contributed by atoms with Gasteiger partial charge in [-0.05, 0) is 51.5 Å². The summed E-state index contributed by atoms with van der Waals surface area (Å²) >= 11 is 1.59.